The molecule has 0 bridgehead atoms. The lowest BCUT2D eigenvalue weighted by atomic mass is 9.98. The molecule has 312 valence electrons. The zero-order valence-electron chi connectivity index (χ0n) is 32.1. The van der Waals surface area contributed by atoms with Crippen LogP contribution in [-0.4, -0.2) is 124 Å². The number of pyridine rings is 1. The van der Waals surface area contributed by atoms with Crippen molar-refractivity contribution in [1.29, 1.82) is 0 Å². The normalized spacial score (nSPS) is 11.2. The molecule has 1 unspecified atom stereocenters. The summed E-state index contributed by atoms with van der Waals surface area (Å²) in [6, 6.07) is 18.4. The molecule has 2 atom stereocenters. The fraction of sp³-hybridized carbons (Fsp3) is 0.282. The van der Waals surface area contributed by atoms with Crippen LogP contribution in [-0.2, 0) is 32.3 Å². The molecule has 3 heterocycles. The van der Waals surface area contributed by atoms with Gasteiger partial charge in [0, 0.05) is 57.1 Å². The Morgan fingerprint density at radius 3 is 2.05 bits per heavy atom. The number of carbonyl (C=O) groups excluding carboxylic acids is 2. The summed E-state index contributed by atoms with van der Waals surface area (Å²) in [5.41, 5.74) is 15.5. The van der Waals surface area contributed by atoms with Crippen molar-refractivity contribution in [3.8, 4) is 0 Å². The van der Waals surface area contributed by atoms with Crippen molar-refractivity contribution in [2.45, 2.75) is 51.7 Å². The van der Waals surface area contributed by atoms with E-state index in [4.69, 9.17) is 26.5 Å². The average Bonchev–Trinajstić information content (AvgIpc) is 3.19. The number of carbonyl (C=O) groups is 5. The Morgan fingerprint density at radius 1 is 0.864 bits per heavy atom. The molecule has 59 heavy (non-hydrogen) atoms. The van der Waals surface area contributed by atoms with Gasteiger partial charge in [-0.25, -0.2) is 14.8 Å². The minimum Gasteiger partial charge on any atom is -0.481 e. The Hall–Kier alpha value is -6.75. The first-order valence-electron chi connectivity index (χ1n) is 17.8. The highest BCUT2D eigenvalue weighted by molar-refractivity contribution is 5.97. The van der Waals surface area contributed by atoms with E-state index in [-0.39, 0.29) is 60.0 Å². The van der Waals surface area contributed by atoms with Gasteiger partial charge in [0.05, 0.1) is 31.0 Å². The number of carboxylic acid groups (broad SMARTS) is 3. The summed E-state index contributed by atoms with van der Waals surface area (Å²) in [6.45, 7) is 4.34. The lowest BCUT2D eigenvalue weighted by molar-refractivity contribution is -0.141. The van der Waals surface area contributed by atoms with Crippen LogP contribution in [0.15, 0.2) is 85.3 Å². The molecule has 20 heteroatoms. The topological polar surface area (TPSA) is 301 Å². The summed E-state index contributed by atoms with van der Waals surface area (Å²) in [5.74, 6) is -4.30. The number of nitrogens with one attached hydrogen (secondary N) is 1. The standard InChI is InChI=1S/C20H22N8O5.C17H20N2O2.C2H4O2.Al.3H/c1-28(9-11-8-23-17-15(24-11)16(21)26-20(22)27-17)12-4-2-10(3-5-12)18(31)25-13(19(32)33)6-7-14(29)30;1-2-19(12-14-8-10-18-11-9-14)17(21)16(13-20)15-6-4-3-5-7-15;1-2(3)4;;;;/h2-5,8,13H,6-7,9H2,1H3,(H,25,31)(H,29,30)(H,32,33)(H4,21,22,23,26,27);3-11,16,20H,2,12-13H2,1H3;1H3,(H,3,4);;;;/t13-;;;;;;/m0....../s1. The fourth-order valence-electron chi connectivity index (χ4n) is 5.31. The third-order valence-corrected chi connectivity index (χ3v) is 8.22. The second kappa shape index (κ2) is 24.1. The molecule has 9 N–H and O–H groups in total. The van der Waals surface area contributed by atoms with Gasteiger partial charge in [-0.1, -0.05) is 30.3 Å². The summed E-state index contributed by atoms with van der Waals surface area (Å²) >= 11 is 0. The number of aliphatic carboxylic acids is 3. The van der Waals surface area contributed by atoms with Crippen LogP contribution in [0.3, 0.4) is 0 Å². The van der Waals surface area contributed by atoms with Gasteiger partial charge in [0.15, 0.2) is 34.3 Å². The maximum Gasteiger partial charge on any atom is 0.326 e. The molecular formula is C39H49AlN10O9. The van der Waals surface area contributed by atoms with Gasteiger partial charge in [0.25, 0.3) is 11.9 Å². The van der Waals surface area contributed by atoms with Crippen molar-refractivity contribution in [2.24, 2.45) is 0 Å². The highest BCUT2D eigenvalue weighted by Crippen LogP contribution is 2.21. The number of rotatable bonds is 15. The number of fused-ring (bicyclic) bond motifs is 1. The third kappa shape index (κ3) is 15.6. The van der Waals surface area contributed by atoms with Crippen LogP contribution >= 0.6 is 0 Å². The summed E-state index contributed by atoms with van der Waals surface area (Å²) in [7, 11) is 1.82. The van der Waals surface area contributed by atoms with E-state index in [1.54, 1.807) is 35.6 Å². The first-order valence-corrected chi connectivity index (χ1v) is 17.8. The number of aliphatic hydroxyl groups is 1. The lowest BCUT2D eigenvalue weighted by Gasteiger charge is -2.25. The second-order valence-corrected chi connectivity index (χ2v) is 12.6. The van der Waals surface area contributed by atoms with Gasteiger partial charge in [0.2, 0.25) is 11.9 Å². The summed E-state index contributed by atoms with van der Waals surface area (Å²) in [5, 5.41) is 37.3. The first kappa shape index (κ1) is 48.4. The highest BCUT2D eigenvalue weighted by Gasteiger charge is 2.25. The van der Waals surface area contributed by atoms with E-state index in [1.807, 2.05) is 61.3 Å². The summed E-state index contributed by atoms with van der Waals surface area (Å²) < 4.78 is 0. The van der Waals surface area contributed by atoms with Crippen LogP contribution in [0, 0.1) is 0 Å². The Morgan fingerprint density at radius 2 is 1.49 bits per heavy atom. The van der Waals surface area contributed by atoms with E-state index in [0.717, 1.165) is 23.7 Å². The van der Waals surface area contributed by atoms with Crippen LogP contribution in [0.25, 0.3) is 11.2 Å². The predicted octanol–water partition coefficient (Wildman–Crippen LogP) is 1.38. The van der Waals surface area contributed by atoms with Crippen LogP contribution < -0.4 is 21.7 Å². The quantitative estimate of drug-likeness (QED) is 0.0733. The molecule has 2 amide bonds. The van der Waals surface area contributed by atoms with E-state index in [9.17, 15) is 29.4 Å². The molecule has 0 saturated carbocycles. The maximum absolute atomic E-state index is 12.7. The van der Waals surface area contributed by atoms with Crippen LogP contribution in [0.2, 0.25) is 0 Å². The SMILES string of the molecule is CC(=O)O.CCN(Cc1ccncc1)C(=O)C(CO)c1ccccc1.CN(Cc1cnc2nc(N)nc(N)c2n1)c1ccc(C(=O)N[C@@H](CCC(=O)O)C(=O)O)cc1.[AlH3]. The van der Waals surface area contributed by atoms with Gasteiger partial charge in [-0.3, -0.25) is 24.2 Å². The van der Waals surface area contributed by atoms with Gasteiger partial charge >= 0.3 is 11.9 Å². The molecule has 0 aliphatic rings. The Balaban J connectivity index is 0.000000396. The van der Waals surface area contributed by atoms with Crippen molar-refractivity contribution in [1.82, 2.24) is 35.1 Å². The van der Waals surface area contributed by atoms with E-state index in [1.165, 1.54) is 12.1 Å². The van der Waals surface area contributed by atoms with Gasteiger partial charge in [0.1, 0.15) is 6.04 Å². The molecule has 3 aromatic heterocycles. The number of nitrogens with zero attached hydrogens (tertiary/aromatic N) is 7. The van der Waals surface area contributed by atoms with E-state index < -0.39 is 35.8 Å². The number of aromatic nitrogens is 5. The number of nitrogen functional groups attached to an aromatic ring is 2. The summed E-state index contributed by atoms with van der Waals surface area (Å²) in [4.78, 5) is 80.1. The molecule has 5 rings (SSSR count). The van der Waals surface area contributed by atoms with E-state index in [2.05, 4.69) is 30.2 Å². The summed E-state index contributed by atoms with van der Waals surface area (Å²) in [6.07, 6.45) is 4.40. The van der Waals surface area contributed by atoms with Gasteiger partial charge in [-0.05, 0) is 60.9 Å². The smallest absolute Gasteiger partial charge is 0.326 e. The van der Waals surface area contributed by atoms with Crippen molar-refractivity contribution >= 4 is 75.7 Å². The monoisotopic (exact) mass is 828 g/mol. The molecule has 2 aromatic carbocycles. The van der Waals surface area contributed by atoms with Crippen LogP contribution in [0.4, 0.5) is 17.5 Å². The number of amides is 2. The number of anilines is 3. The molecule has 0 saturated heterocycles. The van der Waals surface area contributed by atoms with Crippen LogP contribution in [0.1, 0.15) is 59.8 Å². The number of carboxylic acids is 3. The fourth-order valence-corrected chi connectivity index (χ4v) is 5.31. The molecule has 0 radical (unpaired) electrons. The minimum absolute atomic E-state index is 0. The number of aliphatic hydroxyl groups excluding tert-OH is 1. The van der Waals surface area contributed by atoms with Crippen molar-refractivity contribution in [2.75, 3.05) is 36.6 Å². The lowest BCUT2D eigenvalue weighted by Crippen LogP contribution is -2.41. The molecule has 0 spiro atoms. The Labute approximate surface area is 350 Å². The molecule has 0 fully saturated rings. The van der Waals surface area contributed by atoms with Gasteiger partial charge in [-0.2, -0.15) is 9.97 Å². The Bertz CT molecular complexity index is 2150. The average molecular weight is 829 g/mol. The first-order chi connectivity index (χ1) is 27.6. The van der Waals surface area contributed by atoms with Crippen molar-refractivity contribution in [3.05, 3.63) is 108 Å². The number of benzene rings is 2. The second-order valence-electron chi connectivity index (χ2n) is 12.6. The van der Waals surface area contributed by atoms with Crippen molar-refractivity contribution in [3.63, 3.8) is 0 Å². The minimum atomic E-state index is -1.30. The predicted molar refractivity (Wildman–Crippen MR) is 223 cm³/mol. The zero-order valence-corrected chi connectivity index (χ0v) is 32.1. The Kier molecular flexibility index (Phi) is 19.8. The van der Waals surface area contributed by atoms with Gasteiger partial charge in [-0.15, -0.1) is 0 Å². The largest absolute Gasteiger partial charge is 0.481 e. The van der Waals surface area contributed by atoms with Crippen molar-refractivity contribution < 1.29 is 44.4 Å². The number of likely N-dealkylation sites (N-methyl/N-ethyl adjacent to an activating group) is 1. The maximum atomic E-state index is 12.7. The number of nitrogens with two attached hydrogens (primary N) is 2. The molecule has 0 aliphatic heterocycles. The van der Waals surface area contributed by atoms with Gasteiger partial charge < -0.3 is 47.0 Å². The number of hydrogen-bond donors (Lipinski definition) is 7. The molecule has 5 aromatic rings. The third-order valence-electron chi connectivity index (χ3n) is 8.22. The van der Waals surface area contributed by atoms with E-state index in [0.29, 0.717) is 36.5 Å². The zero-order chi connectivity index (χ0) is 42.8. The molecular weight excluding hydrogens is 779 g/mol. The van der Waals surface area contributed by atoms with E-state index >= 15 is 0 Å². The molecule has 19 nitrogen and oxygen atoms in total. The molecule has 0 aliphatic carbocycles. The highest BCUT2D eigenvalue weighted by atomic mass is 27.0. The number of hydrogen-bond acceptors (Lipinski definition) is 14. The van der Waals surface area contributed by atoms with Crippen LogP contribution in [0.5, 0.6) is 0 Å².